The van der Waals surface area contributed by atoms with Crippen LogP contribution in [0.15, 0.2) is 204 Å². The molecule has 7 aromatic carbocycles. The minimum absolute atomic E-state index is 0.163. The van der Waals surface area contributed by atoms with Crippen LogP contribution in [0.3, 0.4) is 0 Å². The van der Waals surface area contributed by atoms with Crippen LogP contribution in [0.2, 0.25) is 0 Å². The molecule has 0 amide bonds. The molecule has 0 radical (unpaired) electrons. The Hall–Kier alpha value is -6.34. The Kier molecular flexibility index (Phi) is 14.0. The lowest BCUT2D eigenvalue weighted by atomic mass is 9.72. The molecular formula is C61H60F2N4. The van der Waals surface area contributed by atoms with Gasteiger partial charge in [-0.15, -0.1) is 0 Å². The van der Waals surface area contributed by atoms with Crippen LogP contribution >= 0.6 is 0 Å². The number of rotatable bonds is 12. The van der Waals surface area contributed by atoms with E-state index in [9.17, 15) is 8.78 Å². The maximum atomic E-state index is 13.7. The molecule has 13 rings (SSSR count). The van der Waals surface area contributed by atoms with Gasteiger partial charge < -0.3 is 0 Å². The lowest BCUT2D eigenvalue weighted by Crippen LogP contribution is -2.58. The van der Waals surface area contributed by atoms with Crippen LogP contribution in [-0.2, 0) is 19.5 Å². The summed E-state index contributed by atoms with van der Waals surface area (Å²) in [5.41, 5.74) is 12.6. The summed E-state index contributed by atoms with van der Waals surface area (Å²) in [5, 5.41) is 0. The Morgan fingerprint density at radius 1 is 0.403 bits per heavy atom. The fourth-order valence-electron chi connectivity index (χ4n) is 11.5. The number of fused-ring (bicyclic) bond motifs is 6. The monoisotopic (exact) mass is 886 g/mol. The molecule has 2 unspecified atom stereocenters. The zero-order valence-electron chi connectivity index (χ0n) is 38.3. The van der Waals surface area contributed by atoms with Gasteiger partial charge in [0.25, 0.3) is 0 Å². The van der Waals surface area contributed by atoms with Crippen LogP contribution in [-0.4, -0.2) is 59.5 Å². The van der Waals surface area contributed by atoms with E-state index in [2.05, 4.69) is 174 Å². The molecule has 0 aromatic heterocycles. The van der Waals surface area contributed by atoms with Crippen LogP contribution in [0.5, 0.6) is 0 Å². The maximum Gasteiger partial charge on any atom is 0.126 e. The summed E-state index contributed by atoms with van der Waals surface area (Å²) in [4.78, 5) is 15.7. The van der Waals surface area contributed by atoms with Crippen molar-refractivity contribution in [3.8, 4) is 0 Å². The number of aliphatic imine (C=N–C) groups is 2. The van der Waals surface area contributed by atoms with Gasteiger partial charge in [0.05, 0.1) is 25.2 Å². The Labute approximate surface area is 395 Å². The van der Waals surface area contributed by atoms with Crippen molar-refractivity contribution < 1.29 is 8.78 Å². The third-order valence-corrected chi connectivity index (χ3v) is 14.7. The molecule has 0 N–H and O–H groups in total. The zero-order chi connectivity index (χ0) is 45.4. The Morgan fingerprint density at radius 3 is 1.18 bits per heavy atom. The molecule has 6 aliphatic heterocycles. The molecule has 0 spiro atoms. The molecule has 6 heterocycles. The minimum atomic E-state index is -0.549. The number of piperidine rings is 6. The standard InChI is InChI=1S/C34H34N2.C27H26F2N2/c1-4-12-26(13-5-1)24-30-18-10-11-19-31(30)25-35-33-29-20-22-36(23-21-29)34(33)32(27-14-6-2-7-15-27)28-16-8-3-9-17-28;28-23-15-19(16-24(29)17-23)18-30-26-22-11-13-31(14-12-22)27(26)25(20-7-3-1-4-8-20)21-9-5-2-6-10-21/h1-19,29,32,34H,20-25H2;1-10,15-17,22,25,27H,11-14,18H2. The van der Waals surface area contributed by atoms with Gasteiger partial charge in [0.2, 0.25) is 0 Å². The van der Waals surface area contributed by atoms with E-state index in [1.807, 2.05) is 12.1 Å². The Bertz CT molecular complexity index is 2630. The second-order valence-electron chi connectivity index (χ2n) is 18.8. The number of nitrogens with zero attached hydrogens (tertiary/aromatic N) is 4. The Balaban J connectivity index is 0.000000159. The average molecular weight is 887 g/mol. The highest BCUT2D eigenvalue weighted by Gasteiger charge is 2.45. The van der Waals surface area contributed by atoms with Crippen molar-refractivity contribution in [2.75, 3.05) is 26.2 Å². The van der Waals surface area contributed by atoms with Gasteiger partial charge in [-0.1, -0.05) is 176 Å². The summed E-state index contributed by atoms with van der Waals surface area (Å²) in [6.07, 6.45) is 5.62. The van der Waals surface area contributed by atoms with Crippen molar-refractivity contribution in [3.05, 3.63) is 250 Å². The molecule has 4 nitrogen and oxygen atoms in total. The second kappa shape index (κ2) is 21.1. The van der Waals surface area contributed by atoms with Gasteiger partial charge >= 0.3 is 0 Å². The first-order valence-corrected chi connectivity index (χ1v) is 24.4. The van der Waals surface area contributed by atoms with Crippen molar-refractivity contribution in [2.24, 2.45) is 21.8 Å². The lowest BCUT2D eigenvalue weighted by molar-refractivity contribution is 0.135. The van der Waals surface area contributed by atoms with Gasteiger partial charge in [0.1, 0.15) is 11.6 Å². The summed E-state index contributed by atoms with van der Waals surface area (Å²) in [6, 6.07) is 67.2. The van der Waals surface area contributed by atoms with Crippen molar-refractivity contribution in [1.82, 2.24) is 9.80 Å². The molecule has 6 fully saturated rings. The molecule has 2 atom stereocenters. The summed E-state index contributed by atoms with van der Waals surface area (Å²) >= 11 is 0. The first-order valence-electron chi connectivity index (χ1n) is 24.4. The first-order chi connectivity index (χ1) is 33.1. The molecule has 6 saturated heterocycles. The number of halogens is 2. The lowest BCUT2D eigenvalue weighted by Gasteiger charge is -2.49. The van der Waals surface area contributed by atoms with E-state index < -0.39 is 11.6 Å². The minimum Gasteiger partial charge on any atom is -0.294 e. The molecule has 6 aliphatic rings. The maximum absolute atomic E-state index is 13.7. The van der Waals surface area contributed by atoms with E-state index in [-0.39, 0.29) is 12.0 Å². The smallest absolute Gasteiger partial charge is 0.126 e. The van der Waals surface area contributed by atoms with Gasteiger partial charge in [-0.3, -0.25) is 19.8 Å². The van der Waals surface area contributed by atoms with Crippen LogP contribution < -0.4 is 0 Å². The van der Waals surface area contributed by atoms with Crippen LogP contribution in [0.25, 0.3) is 0 Å². The van der Waals surface area contributed by atoms with E-state index in [0.717, 1.165) is 45.0 Å². The number of hydrogen-bond acceptors (Lipinski definition) is 4. The van der Waals surface area contributed by atoms with Crippen molar-refractivity contribution in [3.63, 3.8) is 0 Å². The van der Waals surface area contributed by atoms with Crippen LogP contribution in [0.1, 0.15) is 82.0 Å². The molecule has 67 heavy (non-hydrogen) atoms. The zero-order valence-corrected chi connectivity index (χ0v) is 38.3. The van der Waals surface area contributed by atoms with Crippen molar-refractivity contribution in [1.29, 1.82) is 0 Å². The van der Waals surface area contributed by atoms with Crippen molar-refractivity contribution >= 4 is 11.4 Å². The largest absolute Gasteiger partial charge is 0.294 e. The molecule has 7 aromatic rings. The van der Waals surface area contributed by atoms with Crippen molar-refractivity contribution in [2.45, 2.75) is 69.1 Å². The average Bonchev–Trinajstić information content (AvgIpc) is 3.38. The summed E-state index contributed by atoms with van der Waals surface area (Å²) in [5.74, 6) is 0.404. The number of benzene rings is 7. The van der Waals surface area contributed by atoms with Gasteiger partial charge in [-0.2, -0.15) is 0 Å². The molecule has 338 valence electrons. The SMILES string of the molecule is Fc1cc(F)cc(CN=C2C3CCN(CC3)C2C(c2ccccc2)c2ccccc2)c1.c1ccc(Cc2ccccc2CN=C2C3CCN(CC3)C2C(c2ccccc2)c2ccccc2)cc1. The first kappa shape index (κ1) is 44.5. The summed E-state index contributed by atoms with van der Waals surface area (Å²) in [7, 11) is 0. The highest BCUT2D eigenvalue weighted by atomic mass is 19.1. The van der Waals surface area contributed by atoms with E-state index in [0.29, 0.717) is 35.9 Å². The fraction of sp³-hybridized carbons (Fsp3) is 0.279. The molecule has 0 saturated carbocycles. The predicted molar refractivity (Wildman–Crippen MR) is 270 cm³/mol. The second-order valence-corrected chi connectivity index (χ2v) is 18.8. The fourth-order valence-corrected chi connectivity index (χ4v) is 11.5. The highest BCUT2D eigenvalue weighted by Crippen LogP contribution is 2.42. The molecule has 6 heteroatoms. The van der Waals surface area contributed by atoms with E-state index >= 15 is 0 Å². The van der Waals surface area contributed by atoms with Crippen LogP contribution in [0, 0.1) is 23.5 Å². The third-order valence-electron chi connectivity index (χ3n) is 14.7. The molecular weight excluding hydrogens is 827 g/mol. The van der Waals surface area contributed by atoms with Crippen LogP contribution in [0.4, 0.5) is 8.78 Å². The predicted octanol–water partition coefficient (Wildman–Crippen LogP) is 13.0. The molecule has 0 aliphatic carbocycles. The van der Waals surface area contributed by atoms with E-state index in [1.165, 1.54) is 88.4 Å². The van der Waals surface area contributed by atoms with E-state index in [4.69, 9.17) is 9.98 Å². The third kappa shape index (κ3) is 10.3. The quantitative estimate of drug-likeness (QED) is 0.122. The normalized spacial score (nSPS) is 23.1. The Morgan fingerprint density at radius 2 is 0.761 bits per heavy atom. The summed E-state index contributed by atoms with van der Waals surface area (Å²) in [6.45, 7) is 5.55. The van der Waals surface area contributed by atoms with Gasteiger partial charge in [-0.05, 0) is 115 Å². The van der Waals surface area contributed by atoms with E-state index in [1.54, 1.807) is 0 Å². The topological polar surface area (TPSA) is 31.2 Å². The number of hydrogen-bond donors (Lipinski definition) is 0. The summed E-state index contributed by atoms with van der Waals surface area (Å²) < 4.78 is 27.4. The van der Waals surface area contributed by atoms with Gasteiger partial charge in [0, 0.05) is 41.2 Å². The highest BCUT2D eigenvalue weighted by molar-refractivity contribution is 5.95. The molecule has 4 bridgehead atoms. The van der Waals surface area contributed by atoms with Gasteiger partial charge in [-0.25, -0.2) is 8.78 Å². The van der Waals surface area contributed by atoms with Gasteiger partial charge in [0.15, 0.2) is 0 Å².